The van der Waals surface area contributed by atoms with E-state index in [1.807, 2.05) is 24.3 Å². The van der Waals surface area contributed by atoms with Crippen LogP contribution in [0.15, 0.2) is 53.6 Å². The molecule has 2 aromatic carbocycles. The molecule has 0 saturated carbocycles. The van der Waals surface area contributed by atoms with Crippen LogP contribution in [0.2, 0.25) is 10.2 Å². The van der Waals surface area contributed by atoms with Crippen molar-refractivity contribution >= 4 is 57.8 Å². The maximum absolute atomic E-state index is 12.0. The van der Waals surface area contributed by atoms with Crippen LogP contribution in [-0.4, -0.2) is 23.0 Å². The van der Waals surface area contributed by atoms with Gasteiger partial charge in [0.05, 0.1) is 11.7 Å². The first kappa shape index (κ1) is 18.8. The predicted molar refractivity (Wildman–Crippen MR) is 107 cm³/mol. The van der Waals surface area contributed by atoms with Gasteiger partial charge in [0.25, 0.3) is 0 Å². The van der Waals surface area contributed by atoms with Crippen LogP contribution in [0, 0.1) is 6.92 Å². The molecular weight excluding hydrogens is 387 g/mol. The van der Waals surface area contributed by atoms with Crippen molar-refractivity contribution < 1.29 is 9.59 Å². The predicted octanol–water partition coefficient (Wildman–Crippen LogP) is 3.94. The zero-order valence-corrected chi connectivity index (χ0v) is 15.7. The number of anilines is 1. The summed E-state index contributed by atoms with van der Waals surface area (Å²) in [6.07, 6.45) is 1.33. The summed E-state index contributed by atoms with van der Waals surface area (Å²) in [5.41, 5.74) is 4.54. The number of carbonyl (C=O) groups is 2. The third kappa shape index (κ3) is 4.42. The standard InChI is InChI=1S/C19H14Cl2N4O2/c1-11-14(20)6-4-8-15(11)24-18(26)19(27)25-22-10-13-9-12-5-2-3-7-16(12)23-17(13)21/h2-10H,1H3,(H,24,26)(H,25,27)/b22-10-. The van der Waals surface area contributed by atoms with Gasteiger partial charge in [0.2, 0.25) is 0 Å². The highest BCUT2D eigenvalue weighted by Gasteiger charge is 2.14. The Morgan fingerprint density at radius 1 is 1.07 bits per heavy atom. The zero-order chi connectivity index (χ0) is 19.4. The molecule has 27 heavy (non-hydrogen) atoms. The molecule has 0 radical (unpaired) electrons. The summed E-state index contributed by atoms with van der Waals surface area (Å²) in [7, 11) is 0. The van der Waals surface area contributed by atoms with Gasteiger partial charge in [0.15, 0.2) is 0 Å². The number of pyridine rings is 1. The second kappa shape index (κ2) is 8.16. The molecule has 3 aromatic rings. The van der Waals surface area contributed by atoms with Crippen molar-refractivity contribution in [3.8, 4) is 0 Å². The fourth-order valence-electron chi connectivity index (χ4n) is 2.33. The van der Waals surface area contributed by atoms with Gasteiger partial charge in [-0.3, -0.25) is 9.59 Å². The van der Waals surface area contributed by atoms with Crippen LogP contribution < -0.4 is 10.7 Å². The quantitative estimate of drug-likeness (QED) is 0.302. The molecule has 2 N–H and O–H groups in total. The summed E-state index contributed by atoms with van der Waals surface area (Å²) in [5, 5.41) is 7.87. The summed E-state index contributed by atoms with van der Waals surface area (Å²) < 4.78 is 0. The third-order valence-electron chi connectivity index (χ3n) is 3.80. The molecule has 8 heteroatoms. The van der Waals surface area contributed by atoms with Crippen molar-refractivity contribution in [3.63, 3.8) is 0 Å². The number of para-hydroxylation sites is 1. The number of hydrogen-bond donors (Lipinski definition) is 2. The number of nitrogens with zero attached hydrogens (tertiary/aromatic N) is 2. The SMILES string of the molecule is Cc1c(Cl)cccc1NC(=O)C(=O)N/N=C\c1cc2ccccc2nc1Cl. The normalized spacial score (nSPS) is 10.9. The number of fused-ring (bicyclic) bond motifs is 1. The molecule has 0 fully saturated rings. The lowest BCUT2D eigenvalue weighted by molar-refractivity contribution is -0.136. The third-order valence-corrected chi connectivity index (χ3v) is 4.51. The van der Waals surface area contributed by atoms with Crippen LogP contribution in [0.3, 0.4) is 0 Å². The van der Waals surface area contributed by atoms with E-state index < -0.39 is 11.8 Å². The van der Waals surface area contributed by atoms with E-state index in [2.05, 4.69) is 20.8 Å². The number of carbonyl (C=O) groups excluding carboxylic acids is 2. The number of benzene rings is 2. The molecule has 0 unspecified atom stereocenters. The van der Waals surface area contributed by atoms with Gasteiger partial charge < -0.3 is 5.32 Å². The van der Waals surface area contributed by atoms with E-state index in [4.69, 9.17) is 23.2 Å². The van der Waals surface area contributed by atoms with Crippen molar-refractivity contribution in [2.24, 2.45) is 5.10 Å². The molecule has 2 amide bonds. The largest absolute Gasteiger partial charge is 0.329 e. The number of aromatic nitrogens is 1. The smallest absolute Gasteiger partial charge is 0.317 e. The Bertz CT molecular complexity index is 1070. The number of nitrogens with one attached hydrogen (secondary N) is 2. The Morgan fingerprint density at radius 2 is 1.85 bits per heavy atom. The minimum atomic E-state index is -0.921. The van der Waals surface area contributed by atoms with E-state index in [9.17, 15) is 9.59 Å². The van der Waals surface area contributed by atoms with Crippen molar-refractivity contribution in [2.75, 3.05) is 5.32 Å². The minimum Gasteiger partial charge on any atom is -0.317 e. The number of halogens is 2. The Kier molecular flexibility index (Phi) is 5.69. The molecule has 0 atom stereocenters. The Hall–Kier alpha value is -2.96. The maximum atomic E-state index is 12.0. The first-order chi connectivity index (χ1) is 13.0. The van der Waals surface area contributed by atoms with Gasteiger partial charge in [-0.2, -0.15) is 5.10 Å². The lowest BCUT2D eigenvalue weighted by Gasteiger charge is -2.08. The van der Waals surface area contributed by atoms with Gasteiger partial charge in [-0.25, -0.2) is 10.4 Å². The monoisotopic (exact) mass is 400 g/mol. The second-order valence-corrected chi connectivity index (χ2v) is 6.39. The molecule has 0 bridgehead atoms. The van der Waals surface area contributed by atoms with E-state index in [0.717, 1.165) is 10.9 Å². The number of amides is 2. The fourth-order valence-corrected chi connectivity index (χ4v) is 2.70. The lowest BCUT2D eigenvalue weighted by atomic mass is 10.2. The molecule has 0 aliphatic carbocycles. The molecule has 0 saturated heterocycles. The average Bonchev–Trinajstić information content (AvgIpc) is 2.65. The highest BCUT2D eigenvalue weighted by atomic mass is 35.5. The molecule has 3 rings (SSSR count). The summed E-state index contributed by atoms with van der Waals surface area (Å²) in [6.45, 7) is 1.74. The van der Waals surface area contributed by atoms with Gasteiger partial charge in [0, 0.05) is 21.7 Å². The van der Waals surface area contributed by atoms with Crippen LogP contribution in [-0.2, 0) is 9.59 Å². The average molecular weight is 401 g/mol. The molecule has 0 aliphatic rings. The fraction of sp³-hybridized carbons (Fsp3) is 0.0526. The van der Waals surface area contributed by atoms with Gasteiger partial charge >= 0.3 is 11.8 Å². The zero-order valence-electron chi connectivity index (χ0n) is 14.2. The van der Waals surface area contributed by atoms with Crippen LogP contribution in [0.4, 0.5) is 5.69 Å². The van der Waals surface area contributed by atoms with Gasteiger partial charge in [-0.1, -0.05) is 47.5 Å². The minimum absolute atomic E-state index is 0.241. The lowest BCUT2D eigenvalue weighted by Crippen LogP contribution is -2.32. The highest BCUT2D eigenvalue weighted by molar-refractivity contribution is 6.40. The molecule has 136 valence electrons. The van der Waals surface area contributed by atoms with Gasteiger partial charge in [-0.05, 0) is 36.8 Å². The number of hydrogen-bond acceptors (Lipinski definition) is 4. The van der Waals surface area contributed by atoms with E-state index in [1.165, 1.54) is 6.21 Å². The highest BCUT2D eigenvalue weighted by Crippen LogP contribution is 2.22. The molecule has 6 nitrogen and oxygen atoms in total. The first-order valence-electron chi connectivity index (χ1n) is 7.90. The molecule has 0 spiro atoms. The molecular formula is C19H14Cl2N4O2. The van der Waals surface area contributed by atoms with E-state index >= 15 is 0 Å². The molecule has 1 heterocycles. The van der Waals surface area contributed by atoms with Crippen molar-refractivity contribution in [1.29, 1.82) is 0 Å². The Balaban J connectivity index is 1.67. The Labute approximate surface area is 165 Å². The van der Waals surface area contributed by atoms with Gasteiger partial charge in [-0.15, -0.1) is 0 Å². The summed E-state index contributed by atoms with van der Waals surface area (Å²) in [5.74, 6) is -1.78. The molecule has 0 aliphatic heterocycles. The number of rotatable bonds is 3. The van der Waals surface area contributed by atoms with Crippen LogP contribution in [0.5, 0.6) is 0 Å². The Morgan fingerprint density at radius 3 is 2.67 bits per heavy atom. The van der Waals surface area contributed by atoms with Crippen molar-refractivity contribution in [2.45, 2.75) is 6.92 Å². The number of hydrazone groups is 1. The van der Waals surface area contributed by atoms with Crippen LogP contribution >= 0.6 is 23.2 Å². The topological polar surface area (TPSA) is 83.5 Å². The maximum Gasteiger partial charge on any atom is 0.329 e. The summed E-state index contributed by atoms with van der Waals surface area (Å²) in [6, 6.07) is 14.3. The summed E-state index contributed by atoms with van der Waals surface area (Å²) in [4.78, 5) is 28.1. The van der Waals surface area contributed by atoms with Crippen LogP contribution in [0.1, 0.15) is 11.1 Å². The summed E-state index contributed by atoms with van der Waals surface area (Å²) >= 11 is 12.1. The van der Waals surface area contributed by atoms with E-state index in [1.54, 1.807) is 31.2 Å². The van der Waals surface area contributed by atoms with Crippen LogP contribution in [0.25, 0.3) is 10.9 Å². The van der Waals surface area contributed by atoms with Crippen molar-refractivity contribution in [3.05, 3.63) is 69.8 Å². The first-order valence-corrected chi connectivity index (χ1v) is 8.66. The van der Waals surface area contributed by atoms with Gasteiger partial charge in [0.1, 0.15) is 5.15 Å². The van der Waals surface area contributed by atoms with E-state index in [0.29, 0.717) is 21.8 Å². The van der Waals surface area contributed by atoms with Crippen molar-refractivity contribution in [1.82, 2.24) is 10.4 Å². The van der Waals surface area contributed by atoms with E-state index in [-0.39, 0.29) is 5.15 Å². The molecule has 1 aromatic heterocycles. The second-order valence-electron chi connectivity index (χ2n) is 5.63.